The molecule has 7 heteroatoms. The molecule has 2 fully saturated rings. The Morgan fingerprint density at radius 2 is 2.00 bits per heavy atom. The SMILES string of the molecule is CCCN1CCNC(CC(=O)N2CCC(O)CC2)C1=O.Cl. The van der Waals surface area contributed by atoms with Crippen LogP contribution in [0.2, 0.25) is 0 Å². The molecule has 122 valence electrons. The Morgan fingerprint density at radius 3 is 2.62 bits per heavy atom. The van der Waals surface area contributed by atoms with Gasteiger partial charge in [-0.15, -0.1) is 12.4 Å². The average Bonchev–Trinajstić information content (AvgIpc) is 2.44. The minimum absolute atomic E-state index is 0. The molecule has 2 saturated heterocycles. The third-order valence-corrected chi connectivity index (χ3v) is 4.07. The summed E-state index contributed by atoms with van der Waals surface area (Å²) < 4.78 is 0. The molecular formula is C14H26ClN3O3. The van der Waals surface area contributed by atoms with Gasteiger partial charge in [-0.05, 0) is 19.3 Å². The van der Waals surface area contributed by atoms with E-state index in [0.717, 1.165) is 26.1 Å². The molecule has 21 heavy (non-hydrogen) atoms. The standard InChI is InChI=1S/C14H25N3O3.ClH/c1-2-6-17-9-5-15-12(14(17)20)10-13(19)16-7-3-11(18)4-8-16;/h11-12,15,18H,2-10H2,1H3;1H. The number of piperazine rings is 1. The highest BCUT2D eigenvalue weighted by Crippen LogP contribution is 2.13. The molecule has 2 rings (SSSR count). The van der Waals surface area contributed by atoms with E-state index in [-0.39, 0.29) is 42.8 Å². The predicted octanol–water partition coefficient (Wildman–Crippen LogP) is -0.00800. The van der Waals surface area contributed by atoms with E-state index in [4.69, 9.17) is 0 Å². The maximum atomic E-state index is 12.2. The number of amides is 2. The van der Waals surface area contributed by atoms with Crippen molar-refractivity contribution in [3.8, 4) is 0 Å². The molecule has 1 unspecified atom stereocenters. The summed E-state index contributed by atoms with van der Waals surface area (Å²) in [6.45, 7) is 5.49. The van der Waals surface area contributed by atoms with E-state index < -0.39 is 0 Å². The van der Waals surface area contributed by atoms with Gasteiger partial charge in [0.25, 0.3) is 0 Å². The molecule has 0 radical (unpaired) electrons. The van der Waals surface area contributed by atoms with Crippen molar-refractivity contribution in [1.82, 2.24) is 15.1 Å². The Labute approximate surface area is 132 Å². The molecule has 2 amide bonds. The Bertz CT molecular complexity index is 357. The molecule has 0 spiro atoms. The van der Waals surface area contributed by atoms with Crippen LogP contribution in [0.5, 0.6) is 0 Å². The van der Waals surface area contributed by atoms with Crippen LogP contribution in [0.25, 0.3) is 0 Å². The van der Waals surface area contributed by atoms with Gasteiger partial charge in [0, 0.05) is 32.7 Å². The number of carbonyl (C=O) groups is 2. The fourth-order valence-electron chi connectivity index (χ4n) is 2.86. The van der Waals surface area contributed by atoms with Crippen LogP contribution in [0, 0.1) is 0 Å². The number of nitrogens with one attached hydrogen (secondary N) is 1. The molecule has 0 aromatic carbocycles. The second kappa shape index (κ2) is 8.56. The summed E-state index contributed by atoms with van der Waals surface area (Å²) in [5, 5.41) is 12.6. The lowest BCUT2D eigenvalue weighted by atomic mass is 10.1. The zero-order chi connectivity index (χ0) is 14.5. The first kappa shape index (κ1) is 18.2. The lowest BCUT2D eigenvalue weighted by Crippen LogP contribution is -2.56. The van der Waals surface area contributed by atoms with Gasteiger partial charge in [-0.1, -0.05) is 6.92 Å². The van der Waals surface area contributed by atoms with Crippen LogP contribution < -0.4 is 5.32 Å². The largest absolute Gasteiger partial charge is 0.393 e. The number of aliphatic hydroxyl groups is 1. The van der Waals surface area contributed by atoms with Crippen molar-refractivity contribution in [2.45, 2.75) is 44.8 Å². The van der Waals surface area contributed by atoms with Crippen LogP contribution in [0.3, 0.4) is 0 Å². The Hall–Kier alpha value is -0.850. The van der Waals surface area contributed by atoms with E-state index in [0.29, 0.717) is 25.9 Å². The van der Waals surface area contributed by atoms with Gasteiger partial charge in [-0.2, -0.15) is 0 Å². The van der Waals surface area contributed by atoms with Crippen molar-refractivity contribution in [2.75, 3.05) is 32.7 Å². The minimum Gasteiger partial charge on any atom is -0.393 e. The fraction of sp³-hybridized carbons (Fsp3) is 0.857. The number of halogens is 1. The quantitative estimate of drug-likeness (QED) is 0.764. The highest BCUT2D eigenvalue weighted by Gasteiger charge is 2.31. The number of hydrogen-bond donors (Lipinski definition) is 2. The lowest BCUT2D eigenvalue weighted by Gasteiger charge is -2.35. The zero-order valence-electron chi connectivity index (χ0n) is 12.6. The number of likely N-dealkylation sites (tertiary alicyclic amines) is 1. The first-order valence-electron chi connectivity index (χ1n) is 7.59. The van der Waals surface area contributed by atoms with Crippen molar-refractivity contribution in [2.24, 2.45) is 0 Å². The van der Waals surface area contributed by atoms with Crippen molar-refractivity contribution in [3.05, 3.63) is 0 Å². The summed E-state index contributed by atoms with van der Waals surface area (Å²) in [6.07, 6.45) is 2.17. The number of aliphatic hydroxyl groups excluding tert-OH is 1. The topological polar surface area (TPSA) is 72.9 Å². The van der Waals surface area contributed by atoms with Crippen LogP contribution in [0.1, 0.15) is 32.6 Å². The third-order valence-electron chi connectivity index (χ3n) is 4.07. The van der Waals surface area contributed by atoms with Crippen LogP contribution >= 0.6 is 12.4 Å². The van der Waals surface area contributed by atoms with Crippen molar-refractivity contribution < 1.29 is 14.7 Å². The van der Waals surface area contributed by atoms with Crippen molar-refractivity contribution in [1.29, 1.82) is 0 Å². The highest BCUT2D eigenvalue weighted by atomic mass is 35.5. The first-order chi connectivity index (χ1) is 9.61. The van der Waals surface area contributed by atoms with E-state index in [1.807, 2.05) is 4.90 Å². The molecule has 0 bridgehead atoms. The van der Waals surface area contributed by atoms with E-state index in [1.165, 1.54) is 0 Å². The summed E-state index contributed by atoms with van der Waals surface area (Å²) >= 11 is 0. The van der Waals surface area contributed by atoms with Crippen molar-refractivity contribution in [3.63, 3.8) is 0 Å². The minimum atomic E-state index is -0.380. The molecule has 2 aliphatic heterocycles. The van der Waals surface area contributed by atoms with E-state index in [1.54, 1.807) is 4.90 Å². The average molecular weight is 320 g/mol. The summed E-state index contributed by atoms with van der Waals surface area (Å²) in [5.41, 5.74) is 0. The van der Waals surface area contributed by atoms with Gasteiger partial charge in [-0.3, -0.25) is 9.59 Å². The Kier molecular flexibility index (Phi) is 7.42. The molecular weight excluding hydrogens is 294 g/mol. The Morgan fingerprint density at radius 1 is 1.33 bits per heavy atom. The Balaban J connectivity index is 0.00000220. The van der Waals surface area contributed by atoms with Crippen LogP contribution in [0.15, 0.2) is 0 Å². The van der Waals surface area contributed by atoms with Crippen LogP contribution in [-0.2, 0) is 9.59 Å². The highest BCUT2D eigenvalue weighted by molar-refractivity contribution is 5.89. The van der Waals surface area contributed by atoms with Gasteiger partial charge in [0.1, 0.15) is 0 Å². The van der Waals surface area contributed by atoms with Gasteiger partial charge in [0.15, 0.2) is 0 Å². The summed E-state index contributed by atoms with van der Waals surface area (Å²) in [6, 6.07) is -0.380. The molecule has 6 nitrogen and oxygen atoms in total. The number of carbonyl (C=O) groups excluding carboxylic acids is 2. The molecule has 1 atom stereocenters. The molecule has 2 heterocycles. The maximum absolute atomic E-state index is 12.2. The number of rotatable bonds is 4. The lowest BCUT2D eigenvalue weighted by molar-refractivity contribution is -0.141. The van der Waals surface area contributed by atoms with Gasteiger partial charge >= 0.3 is 0 Å². The summed E-state index contributed by atoms with van der Waals surface area (Å²) in [7, 11) is 0. The van der Waals surface area contributed by atoms with Crippen molar-refractivity contribution >= 4 is 24.2 Å². The normalized spacial score (nSPS) is 23.9. The second-order valence-electron chi connectivity index (χ2n) is 5.65. The molecule has 0 aliphatic carbocycles. The molecule has 0 aromatic rings. The first-order valence-corrected chi connectivity index (χ1v) is 7.59. The molecule has 2 N–H and O–H groups in total. The predicted molar refractivity (Wildman–Crippen MR) is 82.3 cm³/mol. The van der Waals surface area contributed by atoms with E-state index in [9.17, 15) is 14.7 Å². The molecule has 2 aliphatic rings. The van der Waals surface area contributed by atoms with Gasteiger partial charge < -0.3 is 20.2 Å². The fourth-order valence-corrected chi connectivity index (χ4v) is 2.86. The number of hydrogen-bond acceptors (Lipinski definition) is 4. The summed E-state index contributed by atoms with van der Waals surface area (Å²) in [4.78, 5) is 28.1. The summed E-state index contributed by atoms with van der Waals surface area (Å²) in [5.74, 6) is 0.0598. The van der Waals surface area contributed by atoms with Gasteiger partial charge in [0.2, 0.25) is 11.8 Å². The zero-order valence-corrected chi connectivity index (χ0v) is 13.4. The third kappa shape index (κ3) is 4.83. The van der Waals surface area contributed by atoms with E-state index in [2.05, 4.69) is 12.2 Å². The second-order valence-corrected chi connectivity index (χ2v) is 5.65. The number of piperidine rings is 1. The van der Waals surface area contributed by atoms with Gasteiger partial charge in [0.05, 0.1) is 18.6 Å². The molecule has 0 aromatic heterocycles. The number of nitrogens with zero attached hydrogens (tertiary/aromatic N) is 2. The van der Waals surface area contributed by atoms with Crippen LogP contribution in [0.4, 0.5) is 0 Å². The maximum Gasteiger partial charge on any atom is 0.240 e. The van der Waals surface area contributed by atoms with Crippen LogP contribution in [-0.4, -0.2) is 71.6 Å². The smallest absolute Gasteiger partial charge is 0.240 e. The molecule has 0 saturated carbocycles. The monoisotopic (exact) mass is 319 g/mol. The van der Waals surface area contributed by atoms with Gasteiger partial charge in [-0.25, -0.2) is 0 Å². The van der Waals surface area contributed by atoms with E-state index >= 15 is 0 Å².